The molecule has 62 heavy (non-hydrogen) atoms. The average Bonchev–Trinajstić information content (AvgIpc) is 3.96. The third-order valence-electron chi connectivity index (χ3n) is 12.9. The van der Waals surface area contributed by atoms with Crippen molar-refractivity contribution in [1.82, 2.24) is 9.55 Å². The van der Waals surface area contributed by atoms with E-state index >= 15 is 0 Å². The maximum absolute atomic E-state index is 3.87. The maximum atomic E-state index is 3.87. The van der Waals surface area contributed by atoms with E-state index < -0.39 is 5.41 Å². The molecular weight excluding hydrogens is 817 g/mol. The lowest BCUT2D eigenvalue weighted by molar-refractivity contribution is 0.769. The quantitative estimate of drug-likeness (QED) is 0.182. The molecule has 2 heterocycles. The zero-order valence-corrected chi connectivity index (χ0v) is 35.4. The minimum Gasteiger partial charge on any atom is -0.354 e. The number of hydrogen-bond acceptors (Lipinski definition) is 0. The second-order valence-corrected chi connectivity index (χ2v) is 17.2. The molecule has 0 saturated heterocycles. The number of fused-ring (bicyclic) bond motifs is 10. The minimum atomic E-state index is -0.412. The normalized spacial score (nSPS) is 12.7. The lowest BCUT2D eigenvalue weighted by Gasteiger charge is -2.33. The number of benzene rings is 10. The number of nitrogens with zero attached hydrogens (tertiary/aromatic N) is 1. The number of nitrogens with one attached hydrogen (secondary N) is 1. The van der Waals surface area contributed by atoms with Gasteiger partial charge >= 0.3 is 0 Å². The fourth-order valence-corrected chi connectivity index (χ4v) is 10.4. The maximum Gasteiger partial charge on any atom is 0.0714 e. The van der Waals surface area contributed by atoms with Crippen LogP contribution in [0.1, 0.15) is 22.3 Å². The van der Waals surface area contributed by atoms with Crippen LogP contribution in [-0.4, -0.2) is 9.55 Å². The Kier molecular flexibility index (Phi) is 8.58. The molecule has 0 saturated carbocycles. The molecule has 0 aliphatic heterocycles. The van der Waals surface area contributed by atoms with Gasteiger partial charge in [0.1, 0.15) is 0 Å². The first-order valence-electron chi connectivity index (χ1n) is 21.2. The van der Waals surface area contributed by atoms with Gasteiger partial charge in [0.25, 0.3) is 0 Å². The predicted octanol–water partition coefficient (Wildman–Crippen LogP) is 16.1. The molecule has 0 bridgehead atoms. The third kappa shape index (κ3) is 5.70. The van der Waals surface area contributed by atoms with Crippen LogP contribution in [0.5, 0.6) is 0 Å². The number of aromatic amines is 1. The van der Waals surface area contributed by atoms with Crippen LogP contribution in [0.3, 0.4) is 0 Å². The number of rotatable bonds is 4. The van der Waals surface area contributed by atoms with Gasteiger partial charge in [-0.05, 0) is 116 Å². The van der Waals surface area contributed by atoms with Crippen molar-refractivity contribution in [2.75, 3.05) is 0 Å². The second-order valence-electron chi connectivity index (χ2n) is 16.3. The predicted molar refractivity (Wildman–Crippen MR) is 265 cm³/mol. The molecule has 0 radical (unpaired) electrons. The Morgan fingerprint density at radius 1 is 0.371 bits per heavy atom. The summed E-state index contributed by atoms with van der Waals surface area (Å²) in [7, 11) is 0. The molecule has 1 aliphatic rings. The Labute approximate surface area is 368 Å². The zero-order valence-electron chi connectivity index (χ0n) is 33.8. The van der Waals surface area contributed by atoms with Gasteiger partial charge in [-0.15, -0.1) is 0 Å². The van der Waals surface area contributed by atoms with Crippen molar-refractivity contribution in [3.63, 3.8) is 0 Å². The van der Waals surface area contributed by atoms with Crippen molar-refractivity contribution in [2.45, 2.75) is 5.41 Å². The van der Waals surface area contributed by atoms with Gasteiger partial charge in [-0.3, -0.25) is 0 Å². The summed E-state index contributed by atoms with van der Waals surface area (Å²) < 4.78 is 3.52. The van der Waals surface area contributed by atoms with Crippen LogP contribution in [-0.2, 0) is 5.41 Å². The number of H-pyrrole nitrogens is 1. The molecule has 2 aromatic heterocycles. The Hall–Kier alpha value is -7.46. The van der Waals surface area contributed by atoms with Crippen molar-refractivity contribution >= 4 is 70.3 Å². The molecule has 0 unspecified atom stereocenters. The zero-order chi connectivity index (χ0) is 41.2. The molecule has 1 aliphatic carbocycles. The van der Waals surface area contributed by atoms with Gasteiger partial charge < -0.3 is 9.55 Å². The summed E-state index contributed by atoms with van der Waals surface area (Å²) in [6, 6.07) is 83.5. The highest BCUT2D eigenvalue weighted by atomic mass is 79.9. The Morgan fingerprint density at radius 3 is 1.73 bits per heavy atom. The van der Waals surface area contributed by atoms with Crippen molar-refractivity contribution in [2.24, 2.45) is 0 Å². The first kappa shape index (κ1) is 36.4. The molecule has 0 atom stereocenters. The van der Waals surface area contributed by atoms with E-state index in [1.54, 1.807) is 0 Å². The van der Waals surface area contributed by atoms with Gasteiger partial charge in [-0.1, -0.05) is 186 Å². The van der Waals surface area contributed by atoms with Crippen LogP contribution in [0.2, 0.25) is 0 Å². The Morgan fingerprint density at radius 2 is 0.968 bits per heavy atom. The van der Waals surface area contributed by atoms with Crippen molar-refractivity contribution in [1.29, 1.82) is 0 Å². The Bertz CT molecular complexity index is 3580. The summed E-state index contributed by atoms with van der Waals surface area (Å²) >= 11 is 3.46. The van der Waals surface area contributed by atoms with Crippen LogP contribution >= 0.6 is 15.9 Å². The number of aromatic nitrogens is 2. The molecule has 292 valence electrons. The Balaban J connectivity index is 0.000000202. The van der Waals surface area contributed by atoms with Crippen LogP contribution in [0.25, 0.3) is 82.3 Å². The molecule has 3 heteroatoms. The van der Waals surface area contributed by atoms with Gasteiger partial charge in [0.2, 0.25) is 0 Å². The highest BCUT2D eigenvalue weighted by Gasteiger charge is 2.46. The summed E-state index contributed by atoms with van der Waals surface area (Å²) in [5.74, 6) is 0. The molecule has 0 spiro atoms. The van der Waals surface area contributed by atoms with Crippen molar-refractivity contribution in [3.8, 4) is 27.9 Å². The van der Waals surface area contributed by atoms with Crippen molar-refractivity contribution < 1.29 is 0 Å². The average molecular weight is 856 g/mol. The molecule has 0 fully saturated rings. The third-order valence-corrected chi connectivity index (χ3v) is 13.4. The van der Waals surface area contributed by atoms with Gasteiger partial charge in [-0.2, -0.15) is 0 Å². The van der Waals surface area contributed by atoms with Gasteiger partial charge in [0.15, 0.2) is 0 Å². The summed E-state index contributed by atoms with van der Waals surface area (Å²) in [6.45, 7) is 0. The molecular formula is C59H39BrN2. The van der Waals surface area contributed by atoms with Crippen LogP contribution < -0.4 is 0 Å². The SMILES string of the molecule is Brc1ccc(-c2ccc3ccccc3c2)cc1.c1ccc(-n2c3ccccc3c3cc4[nH]c5cc6c(cc5c4cc32)-c2ccccc2C6(c2ccccc2)c2ccccc2)cc1. The molecule has 10 aromatic carbocycles. The van der Waals surface area contributed by atoms with Crippen LogP contribution in [0, 0.1) is 0 Å². The lowest BCUT2D eigenvalue weighted by atomic mass is 9.67. The highest BCUT2D eigenvalue weighted by molar-refractivity contribution is 9.10. The largest absolute Gasteiger partial charge is 0.354 e. The fourth-order valence-electron chi connectivity index (χ4n) is 10.2. The van der Waals surface area contributed by atoms with E-state index in [9.17, 15) is 0 Å². The van der Waals surface area contributed by atoms with E-state index in [1.165, 1.54) is 93.5 Å². The van der Waals surface area contributed by atoms with E-state index in [1.807, 2.05) is 0 Å². The summed E-state index contributed by atoms with van der Waals surface area (Å²) in [4.78, 5) is 3.87. The highest BCUT2D eigenvalue weighted by Crippen LogP contribution is 2.57. The van der Waals surface area contributed by atoms with Gasteiger partial charge in [-0.25, -0.2) is 0 Å². The first-order valence-corrected chi connectivity index (χ1v) is 22.0. The smallest absolute Gasteiger partial charge is 0.0714 e. The molecule has 1 N–H and O–H groups in total. The molecule has 13 rings (SSSR count). The number of para-hydroxylation sites is 2. The van der Waals surface area contributed by atoms with E-state index in [0.29, 0.717) is 0 Å². The number of halogens is 1. The summed E-state index contributed by atoms with van der Waals surface area (Å²) in [5.41, 5.74) is 15.9. The summed E-state index contributed by atoms with van der Waals surface area (Å²) in [5, 5.41) is 7.59. The second kappa shape index (κ2) is 14.6. The van der Waals surface area contributed by atoms with Gasteiger partial charge in [0.05, 0.1) is 16.4 Å². The van der Waals surface area contributed by atoms with Crippen molar-refractivity contribution in [3.05, 3.63) is 257 Å². The van der Waals surface area contributed by atoms with Crippen LogP contribution in [0.4, 0.5) is 0 Å². The first-order chi connectivity index (χ1) is 30.6. The minimum absolute atomic E-state index is 0.412. The van der Waals surface area contributed by atoms with Crippen LogP contribution in [0.15, 0.2) is 235 Å². The fraction of sp³-hybridized carbons (Fsp3) is 0.0169. The van der Waals surface area contributed by atoms with Gasteiger partial charge in [0, 0.05) is 42.7 Å². The number of hydrogen-bond donors (Lipinski definition) is 1. The topological polar surface area (TPSA) is 20.7 Å². The van der Waals surface area contributed by atoms with E-state index in [4.69, 9.17) is 0 Å². The van der Waals surface area contributed by atoms with E-state index in [2.05, 4.69) is 256 Å². The van der Waals surface area contributed by atoms with E-state index in [0.717, 1.165) is 15.5 Å². The summed E-state index contributed by atoms with van der Waals surface area (Å²) in [6.07, 6.45) is 0. The molecule has 12 aromatic rings. The molecule has 0 amide bonds. The monoisotopic (exact) mass is 854 g/mol. The lowest BCUT2D eigenvalue weighted by Crippen LogP contribution is -2.28. The molecule has 2 nitrogen and oxygen atoms in total. The standard InChI is InChI=1S/C43H28N2.C16H11Br/c1-4-14-28(15-5-1)43(29-16-6-2-7-17-29)37-22-12-10-20-31(37)33-24-34-35-26-42-36(25-39(35)44-40(34)27-38(33)43)32-21-11-13-23-41(32)45(42)30-18-8-3-9-19-30;17-16-9-7-13(8-10-16)15-6-5-12-3-1-2-4-14(12)11-15/h1-27,44H;1-11H. The van der Waals surface area contributed by atoms with E-state index in [-0.39, 0.29) is 0 Å².